The Balaban J connectivity index is 2.48. The second-order valence-corrected chi connectivity index (χ2v) is 4.98. The van der Waals surface area contributed by atoms with Crippen LogP contribution >= 0.6 is 0 Å². The topological polar surface area (TPSA) is 126 Å². The SMILES string of the molecule is COC(=O)COc1ccc(-n2cc(C#N)c(N)c2C(=O)OC)cc1OC. The average Bonchev–Trinajstić information content (AvgIpc) is 3.01. The summed E-state index contributed by atoms with van der Waals surface area (Å²) in [5, 5.41) is 9.16. The minimum absolute atomic E-state index is 0.0179. The Hall–Kier alpha value is -3.67. The van der Waals surface area contributed by atoms with Crippen molar-refractivity contribution in [3.63, 3.8) is 0 Å². The van der Waals surface area contributed by atoms with E-state index in [2.05, 4.69) is 4.74 Å². The summed E-state index contributed by atoms with van der Waals surface area (Å²) in [6, 6.07) is 6.66. The van der Waals surface area contributed by atoms with E-state index >= 15 is 0 Å². The Morgan fingerprint density at radius 2 is 1.92 bits per heavy atom. The van der Waals surface area contributed by atoms with Crippen LogP contribution in [0, 0.1) is 11.3 Å². The van der Waals surface area contributed by atoms with Gasteiger partial charge in [0.25, 0.3) is 0 Å². The zero-order valence-electron chi connectivity index (χ0n) is 14.4. The highest BCUT2D eigenvalue weighted by Crippen LogP contribution is 2.32. The highest BCUT2D eigenvalue weighted by atomic mass is 16.6. The van der Waals surface area contributed by atoms with Crippen LogP contribution < -0.4 is 15.2 Å². The van der Waals surface area contributed by atoms with E-state index in [1.165, 1.54) is 32.1 Å². The molecule has 136 valence electrons. The van der Waals surface area contributed by atoms with Gasteiger partial charge in [-0.05, 0) is 12.1 Å². The van der Waals surface area contributed by atoms with Crippen LogP contribution in [0.25, 0.3) is 5.69 Å². The number of esters is 2. The Bertz CT molecular complexity index is 881. The molecule has 0 aliphatic carbocycles. The molecule has 2 aromatic rings. The second-order valence-electron chi connectivity index (χ2n) is 4.98. The highest BCUT2D eigenvalue weighted by molar-refractivity contribution is 5.96. The van der Waals surface area contributed by atoms with E-state index in [0.717, 1.165) is 0 Å². The van der Waals surface area contributed by atoms with E-state index in [1.807, 2.05) is 6.07 Å². The summed E-state index contributed by atoms with van der Waals surface area (Å²) in [6.45, 7) is -0.283. The zero-order chi connectivity index (χ0) is 19.3. The number of carbonyl (C=O) groups is 2. The maximum atomic E-state index is 12.0. The standard InChI is InChI=1S/C17H17N3O6/c1-23-13-6-11(4-5-12(13)26-9-14(21)24-2)20-8-10(7-18)15(19)16(20)17(22)25-3/h4-6,8H,9,19H2,1-3H3. The maximum Gasteiger partial charge on any atom is 0.357 e. The molecule has 0 bridgehead atoms. The molecule has 2 rings (SSSR count). The molecule has 26 heavy (non-hydrogen) atoms. The van der Waals surface area contributed by atoms with Crippen molar-refractivity contribution < 1.29 is 28.5 Å². The lowest BCUT2D eigenvalue weighted by Gasteiger charge is -2.13. The molecule has 0 amide bonds. The summed E-state index contributed by atoms with van der Waals surface area (Å²) in [7, 11) is 3.90. The maximum absolute atomic E-state index is 12.0. The second kappa shape index (κ2) is 7.94. The van der Waals surface area contributed by atoms with Crippen molar-refractivity contribution in [2.45, 2.75) is 0 Å². The normalized spacial score (nSPS) is 9.92. The van der Waals surface area contributed by atoms with Crippen molar-refractivity contribution in [2.24, 2.45) is 0 Å². The molecule has 0 aliphatic heterocycles. The molecule has 9 heteroatoms. The molecule has 0 radical (unpaired) electrons. The number of carbonyl (C=O) groups excluding carboxylic acids is 2. The largest absolute Gasteiger partial charge is 0.493 e. The van der Waals surface area contributed by atoms with Gasteiger partial charge in [-0.25, -0.2) is 9.59 Å². The van der Waals surface area contributed by atoms with Crippen LogP contribution in [-0.4, -0.2) is 44.4 Å². The number of nitrogens with two attached hydrogens (primary N) is 1. The lowest BCUT2D eigenvalue weighted by Crippen LogP contribution is -2.13. The molecular formula is C17H17N3O6. The van der Waals surface area contributed by atoms with Gasteiger partial charge < -0.3 is 29.2 Å². The van der Waals surface area contributed by atoms with Crippen LogP contribution in [0.5, 0.6) is 11.5 Å². The number of methoxy groups -OCH3 is 3. The molecule has 0 spiro atoms. The average molecular weight is 359 g/mol. The molecule has 1 aromatic carbocycles. The van der Waals surface area contributed by atoms with Crippen LogP contribution in [0.3, 0.4) is 0 Å². The molecule has 0 aliphatic rings. The van der Waals surface area contributed by atoms with Gasteiger partial charge in [-0.3, -0.25) is 0 Å². The van der Waals surface area contributed by atoms with Crippen molar-refractivity contribution in [2.75, 3.05) is 33.7 Å². The monoisotopic (exact) mass is 359 g/mol. The number of nitrogens with zero attached hydrogens (tertiary/aromatic N) is 2. The summed E-state index contributed by atoms with van der Waals surface area (Å²) in [5.74, 6) is -0.607. The van der Waals surface area contributed by atoms with Gasteiger partial charge in [-0.2, -0.15) is 5.26 Å². The molecule has 0 atom stereocenters. The fourth-order valence-corrected chi connectivity index (χ4v) is 2.24. The van der Waals surface area contributed by atoms with Gasteiger partial charge in [0.2, 0.25) is 0 Å². The predicted molar refractivity (Wildman–Crippen MR) is 90.3 cm³/mol. The first-order chi connectivity index (χ1) is 12.5. The molecule has 2 N–H and O–H groups in total. The van der Waals surface area contributed by atoms with Crippen molar-refractivity contribution in [1.29, 1.82) is 5.26 Å². The Morgan fingerprint density at radius 3 is 2.50 bits per heavy atom. The predicted octanol–water partition coefficient (Wildman–Crippen LogP) is 1.28. The molecule has 1 heterocycles. The lowest BCUT2D eigenvalue weighted by atomic mass is 10.2. The number of benzene rings is 1. The van der Waals surface area contributed by atoms with Crippen LogP contribution in [0.1, 0.15) is 16.1 Å². The number of rotatable bonds is 6. The molecular weight excluding hydrogens is 342 g/mol. The Morgan fingerprint density at radius 1 is 1.19 bits per heavy atom. The number of aromatic nitrogens is 1. The quantitative estimate of drug-likeness (QED) is 0.764. The van der Waals surface area contributed by atoms with Gasteiger partial charge in [0.05, 0.1) is 32.6 Å². The minimum atomic E-state index is -0.686. The van der Waals surface area contributed by atoms with Crippen molar-refractivity contribution in [3.8, 4) is 23.3 Å². The van der Waals surface area contributed by atoms with E-state index < -0.39 is 11.9 Å². The van der Waals surface area contributed by atoms with Crippen LogP contribution in [-0.2, 0) is 14.3 Å². The molecule has 0 unspecified atom stereocenters. The van der Waals surface area contributed by atoms with Crippen molar-refractivity contribution in [3.05, 3.63) is 35.7 Å². The van der Waals surface area contributed by atoms with E-state index in [4.69, 9.17) is 25.2 Å². The number of ether oxygens (including phenoxy) is 4. The smallest absolute Gasteiger partial charge is 0.357 e. The molecule has 9 nitrogen and oxygen atoms in total. The summed E-state index contributed by atoms with van der Waals surface area (Å²) in [5.41, 5.74) is 6.54. The number of nitriles is 1. The van der Waals surface area contributed by atoms with Crippen molar-refractivity contribution in [1.82, 2.24) is 4.57 Å². The lowest BCUT2D eigenvalue weighted by molar-refractivity contribution is -0.142. The number of nitrogen functional groups attached to an aromatic ring is 1. The summed E-state index contributed by atoms with van der Waals surface area (Å²) < 4.78 is 21.3. The summed E-state index contributed by atoms with van der Waals surface area (Å²) in [4.78, 5) is 23.3. The van der Waals surface area contributed by atoms with E-state index in [-0.39, 0.29) is 23.6 Å². The van der Waals surface area contributed by atoms with Crippen LogP contribution in [0.15, 0.2) is 24.4 Å². The van der Waals surface area contributed by atoms with E-state index in [0.29, 0.717) is 17.2 Å². The van der Waals surface area contributed by atoms with E-state index in [1.54, 1.807) is 18.2 Å². The zero-order valence-corrected chi connectivity index (χ0v) is 14.4. The number of hydrogen-bond acceptors (Lipinski definition) is 8. The third-order valence-corrected chi connectivity index (χ3v) is 3.54. The molecule has 0 fully saturated rings. The first-order valence-electron chi connectivity index (χ1n) is 7.34. The van der Waals surface area contributed by atoms with Gasteiger partial charge in [-0.1, -0.05) is 0 Å². The fraction of sp³-hybridized carbons (Fsp3) is 0.235. The number of hydrogen-bond donors (Lipinski definition) is 1. The van der Waals surface area contributed by atoms with Gasteiger partial charge in [0.15, 0.2) is 23.8 Å². The van der Waals surface area contributed by atoms with Gasteiger partial charge in [0, 0.05) is 18.0 Å². The molecule has 1 aromatic heterocycles. The molecule has 0 saturated heterocycles. The number of anilines is 1. The van der Waals surface area contributed by atoms with Crippen LogP contribution in [0.2, 0.25) is 0 Å². The van der Waals surface area contributed by atoms with Crippen LogP contribution in [0.4, 0.5) is 5.69 Å². The first kappa shape index (κ1) is 18.7. The Kier molecular flexibility index (Phi) is 5.70. The van der Waals surface area contributed by atoms with E-state index in [9.17, 15) is 9.59 Å². The molecule has 0 saturated carbocycles. The van der Waals surface area contributed by atoms with Gasteiger partial charge in [-0.15, -0.1) is 0 Å². The fourth-order valence-electron chi connectivity index (χ4n) is 2.24. The summed E-state index contributed by atoms with van der Waals surface area (Å²) in [6.07, 6.45) is 1.42. The Labute approximate surface area is 149 Å². The third kappa shape index (κ3) is 3.54. The highest BCUT2D eigenvalue weighted by Gasteiger charge is 2.22. The third-order valence-electron chi connectivity index (χ3n) is 3.54. The summed E-state index contributed by atoms with van der Waals surface area (Å²) >= 11 is 0. The van der Waals surface area contributed by atoms with Gasteiger partial charge >= 0.3 is 11.9 Å². The van der Waals surface area contributed by atoms with Gasteiger partial charge in [0.1, 0.15) is 6.07 Å². The van der Waals surface area contributed by atoms with Crippen molar-refractivity contribution >= 4 is 17.6 Å². The first-order valence-corrected chi connectivity index (χ1v) is 7.34. The minimum Gasteiger partial charge on any atom is -0.493 e.